The maximum atomic E-state index is 12.9. The van der Waals surface area contributed by atoms with Crippen LogP contribution in [0.4, 0.5) is 5.69 Å². The molecule has 1 aliphatic heterocycles. The molecule has 0 bridgehead atoms. The van der Waals surface area contributed by atoms with E-state index in [1.54, 1.807) is 11.3 Å². The van der Waals surface area contributed by atoms with Gasteiger partial charge in [-0.15, -0.1) is 12.4 Å². The Hall–Kier alpha value is -1.36. The molecule has 0 spiro atoms. The fraction of sp³-hybridized carbons (Fsp3) is 0.450. The zero-order chi connectivity index (χ0) is 16.9. The maximum Gasteiger partial charge on any atom is 0.241 e. The Bertz CT molecular complexity index is 667. The molecular weight excluding hydrogens is 352 g/mol. The molecule has 0 saturated carbocycles. The van der Waals surface area contributed by atoms with Crippen LogP contribution in [0, 0.1) is 13.8 Å². The normalized spacial score (nSPS) is 17.8. The molecule has 3 nitrogen and oxygen atoms in total. The molecule has 1 N–H and O–H groups in total. The number of piperidine rings is 1. The van der Waals surface area contributed by atoms with Crippen molar-refractivity contribution >= 4 is 35.3 Å². The average molecular weight is 379 g/mol. The van der Waals surface area contributed by atoms with Crippen LogP contribution in [-0.4, -0.2) is 29.9 Å². The molecular formula is C20H27ClN2OS. The first-order chi connectivity index (χ1) is 11.6. The number of carbonyl (C=O) groups is 1. The van der Waals surface area contributed by atoms with Crippen molar-refractivity contribution in [1.29, 1.82) is 0 Å². The highest BCUT2D eigenvalue weighted by molar-refractivity contribution is 7.07. The fourth-order valence-electron chi connectivity index (χ4n) is 3.48. The molecule has 1 aromatic heterocycles. The summed E-state index contributed by atoms with van der Waals surface area (Å²) in [7, 11) is 0. The van der Waals surface area contributed by atoms with Gasteiger partial charge < -0.3 is 5.32 Å². The summed E-state index contributed by atoms with van der Waals surface area (Å²) in [5, 5.41) is 7.52. The van der Waals surface area contributed by atoms with Crippen molar-refractivity contribution in [2.45, 2.75) is 45.6 Å². The summed E-state index contributed by atoms with van der Waals surface area (Å²) in [6.07, 6.45) is 4.31. The molecule has 0 unspecified atom stereocenters. The van der Waals surface area contributed by atoms with Gasteiger partial charge in [0.2, 0.25) is 5.91 Å². The number of anilines is 1. The minimum Gasteiger partial charge on any atom is -0.324 e. The Kier molecular flexibility index (Phi) is 7.48. The van der Waals surface area contributed by atoms with Gasteiger partial charge in [-0.05, 0) is 73.2 Å². The van der Waals surface area contributed by atoms with Crippen molar-refractivity contribution in [3.8, 4) is 0 Å². The number of nitrogens with zero attached hydrogens (tertiary/aromatic N) is 1. The summed E-state index contributed by atoms with van der Waals surface area (Å²) in [6, 6.07) is 8.32. The SMILES string of the molecule is Cc1cccc(C)c1NC(=O)[C@@H]1CCCCN1CCc1ccsc1.Cl. The van der Waals surface area contributed by atoms with Gasteiger partial charge in [0.25, 0.3) is 0 Å². The number of hydrogen-bond donors (Lipinski definition) is 1. The lowest BCUT2D eigenvalue weighted by molar-refractivity contribution is -0.122. The van der Waals surface area contributed by atoms with E-state index in [1.165, 1.54) is 12.0 Å². The highest BCUT2D eigenvalue weighted by Gasteiger charge is 2.28. The number of nitrogens with one attached hydrogen (secondary N) is 1. The summed E-state index contributed by atoms with van der Waals surface area (Å²) in [6.45, 7) is 6.09. The van der Waals surface area contributed by atoms with Gasteiger partial charge in [0.05, 0.1) is 6.04 Å². The first kappa shape index (κ1) is 20.0. The molecule has 1 saturated heterocycles. The van der Waals surface area contributed by atoms with Gasteiger partial charge in [-0.2, -0.15) is 11.3 Å². The van der Waals surface area contributed by atoms with E-state index in [0.717, 1.165) is 49.2 Å². The van der Waals surface area contributed by atoms with E-state index >= 15 is 0 Å². The number of amides is 1. The maximum absolute atomic E-state index is 12.9. The zero-order valence-corrected chi connectivity index (χ0v) is 16.6. The first-order valence-corrected chi connectivity index (χ1v) is 9.71. The van der Waals surface area contributed by atoms with Crippen LogP contribution in [0.15, 0.2) is 35.0 Å². The quantitative estimate of drug-likeness (QED) is 0.808. The zero-order valence-electron chi connectivity index (χ0n) is 15.0. The minimum absolute atomic E-state index is 0. The molecule has 25 heavy (non-hydrogen) atoms. The molecule has 0 aliphatic carbocycles. The van der Waals surface area contributed by atoms with E-state index in [4.69, 9.17) is 0 Å². The third-order valence-corrected chi connectivity index (χ3v) is 5.65. The van der Waals surface area contributed by atoms with Crippen molar-refractivity contribution in [3.63, 3.8) is 0 Å². The number of rotatable bonds is 5. The third-order valence-electron chi connectivity index (χ3n) is 4.91. The minimum atomic E-state index is -0.00334. The van der Waals surface area contributed by atoms with Crippen molar-refractivity contribution in [3.05, 3.63) is 51.7 Å². The van der Waals surface area contributed by atoms with Gasteiger partial charge in [-0.3, -0.25) is 9.69 Å². The molecule has 1 aromatic carbocycles. The third kappa shape index (κ3) is 5.06. The smallest absolute Gasteiger partial charge is 0.241 e. The monoisotopic (exact) mass is 378 g/mol. The largest absolute Gasteiger partial charge is 0.324 e. The molecule has 5 heteroatoms. The van der Waals surface area contributed by atoms with Crippen LogP contribution in [0.1, 0.15) is 36.0 Å². The van der Waals surface area contributed by atoms with Gasteiger partial charge in [0, 0.05) is 12.2 Å². The number of carbonyl (C=O) groups excluding carboxylic acids is 1. The molecule has 3 rings (SSSR count). The molecule has 136 valence electrons. The van der Waals surface area contributed by atoms with Gasteiger partial charge in [-0.25, -0.2) is 0 Å². The van der Waals surface area contributed by atoms with E-state index < -0.39 is 0 Å². The van der Waals surface area contributed by atoms with Crippen LogP contribution in [0.25, 0.3) is 0 Å². The van der Waals surface area contributed by atoms with E-state index in [2.05, 4.69) is 53.0 Å². The topological polar surface area (TPSA) is 32.3 Å². The Morgan fingerprint density at radius 3 is 2.68 bits per heavy atom. The van der Waals surface area contributed by atoms with E-state index in [-0.39, 0.29) is 24.4 Å². The van der Waals surface area contributed by atoms with Crippen LogP contribution in [0.5, 0.6) is 0 Å². The molecule has 2 heterocycles. The number of thiophene rings is 1. The Balaban J connectivity index is 0.00000225. The second-order valence-electron chi connectivity index (χ2n) is 6.69. The number of hydrogen-bond acceptors (Lipinski definition) is 3. The van der Waals surface area contributed by atoms with Crippen molar-refractivity contribution in [1.82, 2.24) is 4.90 Å². The molecule has 2 aromatic rings. The van der Waals surface area contributed by atoms with Gasteiger partial charge in [0.15, 0.2) is 0 Å². The predicted molar refractivity (Wildman–Crippen MR) is 109 cm³/mol. The van der Waals surface area contributed by atoms with Crippen molar-refractivity contribution in [2.24, 2.45) is 0 Å². The van der Waals surface area contributed by atoms with Gasteiger partial charge >= 0.3 is 0 Å². The summed E-state index contributed by atoms with van der Waals surface area (Å²) in [5.74, 6) is 0.150. The number of para-hydroxylation sites is 1. The lowest BCUT2D eigenvalue weighted by atomic mass is 10.00. The molecule has 1 amide bonds. The Morgan fingerprint density at radius 2 is 2.00 bits per heavy atom. The van der Waals surface area contributed by atoms with Crippen molar-refractivity contribution < 1.29 is 4.79 Å². The molecule has 1 atom stereocenters. The van der Waals surface area contributed by atoms with E-state index in [0.29, 0.717) is 0 Å². The highest BCUT2D eigenvalue weighted by atomic mass is 35.5. The van der Waals surface area contributed by atoms with Crippen LogP contribution in [0.3, 0.4) is 0 Å². The number of aryl methyl sites for hydroxylation is 2. The van der Waals surface area contributed by atoms with E-state index in [1.807, 2.05) is 6.07 Å². The molecule has 1 fully saturated rings. The van der Waals surface area contributed by atoms with Gasteiger partial charge in [0.1, 0.15) is 0 Å². The van der Waals surface area contributed by atoms with Crippen molar-refractivity contribution in [2.75, 3.05) is 18.4 Å². The summed E-state index contributed by atoms with van der Waals surface area (Å²) >= 11 is 1.74. The fourth-order valence-corrected chi connectivity index (χ4v) is 4.18. The van der Waals surface area contributed by atoms with Crippen LogP contribution >= 0.6 is 23.7 Å². The number of halogens is 1. The lowest BCUT2D eigenvalue weighted by Crippen LogP contribution is -2.47. The van der Waals surface area contributed by atoms with Crippen LogP contribution < -0.4 is 5.32 Å². The summed E-state index contributed by atoms with van der Waals surface area (Å²) in [5.41, 5.74) is 4.61. The Labute approximate surface area is 160 Å². The first-order valence-electron chi connectivity index (χ1n) is 8.77. The average Bonchev–Trinajstić information content (AvgIpc) is 3.10. The second kappa shape index (κ2) is 9.37. The summed E-state index contributed by atoms with van der Waals surface area (Å²) < 4.78 is 0. The Morgan fingerprint density at radius 1 is 1.24 bits per heavy atom. The van der Waals surface area contributed by atoms with E-state index in [9.17, 15) is 4.79 Å². The van der Waals surface area contributed by atoms with Gasteiger partial charge in [-0.1, -0.05) is 24.6 Å². The number of likely N-dealkylation sites (tertiary alicyclic amines) is 1. The highest BCUT2D eigenvalue weighted by Crippen LogP contribution is 2.23. The standard InChI is InChI=1S/C20H26N2OS.ClH/c1-15-6-5-7-16(2)19(15)21-20(23)18-8-3-4-11-22(18)12-9-17-10-13-24-14-17;/h5-7,10,13-14,18H,3-4,8-9,11-12H2,1-2H3,(H,21,23);1H/t18-;/m0./s1. The molecule has 0 radical (unpaired) electrons. The number of benzene rings is 1. The van der Waals surface area contributed by atoms with Crippen LogP contribution in [-0.2, 0) is 11.2 Å². The predicted octanol–water partition coefficient (Wildman–Crippen LogP) is 4.82. The second-order valence-corrected chi connectivity index (χ2v) is 7.47. The summed E-state index contributed by atoms with van der Waals surface area (Å²) in [4.78, 5) is 15.3. The lowest BCUT2D eigenvalue weighted by Gasteiger charge is -2.34. The molecule has 1 aliphatic rings. The van der Waals surface area contributed by atoms with Crippen LogP contribution in [0.2, 0.25) is 0 Å².